The van der Waals surface area contributed by atoms with Crippen LogP contribution in [0, 0.1) is 18.8 Å². The first-order valence-electron chi connectivity index (χ1n) is 8.18. The molecular weight excluding hydrogens is 314 g/mol. The first kappa shape index (κ1) is 17.8. The molecule has 0 radical (unpaired) electrons. The molecule has 126 valence electrons. The van der Waals surface area contributed by atoms with Gasteiger partial charge in [-0.05, 0) is 43.4 Å². The Kier molecular flexibility index (Phi) is 6.46. The van der Waals surface area contributed by atoms with Gasteiger partial charge < -0.3 is 10.1 Å². The summed E-state index contributed by atoms with van der Waals surface area (Å²) in [5.41, 5.74) is 1.44. The highest BCUT2D eigenvalue weighted by Crippen LogP contribution is 2.31. The van der Waals surface area contributed by atoms with E-state index in [1.807, 2.05) is 6.92 Å². The van der Waals surface area contributed by atoms with Crippen molar-refractivity contribution in [2.24, 2.45) is 11.8 Å². The highest BCUT2D eigenvalue weighted by molar-refractivity contribution is 6.31. The van der Waals surface area contributed by atoms with Gasteiger partial charge in [-0.3, -0.25) is 9.59 Å². The van der Waals surface area contributed by atoms with E-state index in [1.165, 1.54) is 20.0 Å². The molecule has 1 aliphatic carbocycles. The third-order valence-electron chi connectivity index (χ3n) is 4.63. The van der Waals surface area contributed by atoms with E-state index in [-0.39, 0.29) is 11.8 Å². The predicted octanol–water partition coefficient (Wildman–Crippen LogP) is 4.35. The Morgan fingerprint density at radius 1 is 1.22 bits per heavy atom. The van der Waals surface area contributed by atoms with Crippen LogP contribution >= 0.6 is 11.6 Å². The molecule has 1 unspecified atom stereocenters. The number of esters is 1. The summed E-state index contributed by atoms with van der Waals surface area (Å²) in [6, 6.07) is 5.35. The summed E-state index contributed by atoms with van der Waals surface area (Å²) in [7, 11) is 1.34. The second-order valence-corrected chi connectivity index (χ2v) is 6.56. The molecule has 1 fully saturated rings. The topological polar surface area (TPSA) is 55.4 Å². The molecule has 1 aliphatic rings. The molecule has 1 amide bonds. The number of rotatable bonds is 4. The molecule has 2 rings (SSSR count). The molecule has 0 saturated heterocycles. The van der Waals surface area contributed by atoms with Crippen LogP contribution < -0.4 is 5.32 Å². The Hall–Kier alpha value is -1.55. The van der Waals surface area contributed by atoms with Gasteiger partial charge in [0.05, 0.1) is 7.11 Å². The molecule has 1 atom stereocenters. The molecule has 5 heteroatoms. The van der Waals surface area contributed by atoms with Crippen molar-refractivity contribution in [1.82, 2.24) is 0 Å². The van der Waals surface area contributed by atoms with E-state index in [1.54, 1.807) is 18.2 Å². The fraction of sp³-hybridized carbons (Fsp3) is 0.556. The first-order chi connectivity index (χ1) is 11.0. The maximum Gasteiger partial charge on any atom is 0.318 e. The van der Waals surface area contributed by atoms with Gasteiger partial charge in [-0.2, -0.15) is 0 Å². The number of benzene rings is 1. The van der Waals surface area contributed by atoms with Crippen LogP contribution in [-0.4, -0.2) is 19.0 Å². The lowest BCUT2D eigenvalue weighted by atomic mass is 9.85. The SMILES string of the molecule is COC(=O)C(C(=O)Nc1cccc(Cl)c1C)C1CCCCCC1. The van der Waals surface area contributed by atoms with Gasteiger partial charge in [0.2, 0.25) is 5.91 Å². The number of methoxy groups -OCH3 is 1. The van der Waals surface area contributed by atoms with Crippen molar-refractivity contribution in [3.8, 4) is 0 Å². The third-order valence-corrected chi connectivity index (χ3v) is 5.04. The van der Waals surface area contributed by atoms with Crippen molar-refractivity contribution in [2.75, 3.05) is 12.4 Å². The molecule has 1 aromatic carbocycles. The molecule has 4 nitrogen and oxygen atoms in total. The standard InChI is InChI=1S/C18H24ClNO3/c1-12-14(19)10-7-11-15(12)20-17(21)16(18(22)23-2)13-8-5-3-4-6-9-13/h7,10-11,13,16H,3-6,8-9H2,1-2H3,(H,20,21). The Morgan fingerprint density at radius 3 is 2.48 bits per heavy atom. The van der Waals surface area contributed by atoms with Gasteiger partial charge in [-0.25, -0.2) is 0 Å². The van der Waals surface area contributed by atoms with Gasteiger partial charge in [0.1, 0.15) is 5.92 Å². The zero-order chi connectivity index (χ0) is 16.8. The fourth-order valence-corrected chi connectivity index (χ4v) is 3.41. The smallest absolute Gasteiger partial charge is 0.318 e. The minimum absolute atomic E-state index is 0.0458. The zero-order valence-electron chi connectivity index (χ0n) is 13.7. The highest BCUT2D eigenvalue weighted by atomic mass is 35.5. The maximum atomic E-state index is 12.7. The summed E-state index contributed by atoms with van der Waals surface area (Å²) in [5.74, 6) is -1.45. The Bertz CT molecular complexity index is 565. The van der Waals surface area contributed by atoms with Crippen molar-refractivity contribution in [3.63, 3.8) is 0 Å². The fourth-order valence-electron chi connectivity index (χ4n) is 3.24. The van der Waals surface area contributed by atoms with E-state index in [4.69, 9.17) is 16.3 Å². The monoisotopic (exact) mass is 337 g/mol. The molecule has 0 aromatic heterocycles. The summed E-state index contributed by atoms with van der Waals surface area (Å²) >= 11 is 6.09. The average Bonchev–Trinajstić information content (AvgIpc) is 2.81. The van der Waals surface area contributed by atoms with Crippen LogP contribution in [0.25, 0.3) is 0 Å². The van der Waals surface area contributed by atoms with Crippen LogP contribution in [0.15, 0.2) is 18.2 Å². The largest absolute Gasteiger partial charge is 0.468 e. The second-order valence-electron chi connectivity index (χ2n) is 6.15. The lowest BCUT2D eigenvalue weighted by molar-refractivity contribution is -0.151. The summed E-state index contributed by atoms with van der Waals surface area (Å²) in [6.07, 6.45) is 6.23. The minimum atomic E-state index is -0.753. The zero-order valence-corrected chi connectivity index (χ0v) is 14.5. The number of halogens is 1. The average molecular weight is 338 g/mol. The van der Waals surface area contributed by atoms with Crippen LogP contribution in [0.5, 0.6) is 0 Å². The van der Waals surface area contributed by atoms with Crippen molar-refractivity contribution in [2.45, 2.75) is 45.4 Å². The predicted molar refractivity (Wildman–Crippen MR) is 91.5 cm³/mol. The van der Waals surface area contributed by atoms with Gasteiger partial charge >= 0.3 is 5.97 Å². The molecule has 1 N–H and O–H groups in total. The van der Waals surface area contributed by atoms with Crippen molar-refractivity contribution in [3.05, 3.63) is 28.8 Å². The molecule has 0 aliphatic heterocycles. The summed E-state index contributed by atoms with van der Waals surface area (Å²) in [4.78, 5) is 24.9. The van der Waals surface area contributed by atoms with Crippen LogP contribution in [-0.2, 0) is 14.3 Å². The molecule has 23 heavy (non-hydrogen) atoms. The van der Waals surface area contributed by atoms with E-state index in [2.05, 4.69) is 5.32 Å². The molecular formula is C18H24ClNO3. The van der Waals surface area contributed by atoms with Crippen LogP contribution in [0.2, 0.25) is 5.02 Å². The lowest BCUT2D eigenvalue weighted by Crippen LogP contribution is -2.36. The quantitative estimate of drug-likeness (QED) is 0.505. The second kappa shape index (κ2) is 8.34. The summed E-state index contributed by atoms with van der Waals surface area (Å²) in [6.45, 7) is 1.84. The minimum Gasteiger partial charge on any atom is -0.468 e. The number of hydrogen-bond donors (Lipinski definition) is 1. The lowest BCUT2D eigenvalue weighted by Gasteiger charge is -2.23. The van der Waals surface area contributed by atoms with Crippen molar-refractivity contribution in [1.29, 1.82) is 0 Å². The number of carbonyl (C=O) groups excluding carboxylic acids is 2. The maximum absolute atomic E-state index is 12.7. The van der Waals surface area contributed by atoms with Crippen LogP contribution in [0.3, 0.4) is 0 Å². The van der Waals surface area contributed by atoms with Crippen LogP contribution in [0.1, 0.15) is 44.1 Å². The molecule has 1 saturated carbocycles. The molecule has 1 aromatic rings. The van der Waals surface area contributed by atoms with Gasteiger partial charge in [0, 0.05) is 10.7 Å². The first-order valence-corrected chi connectivity index (χ1v) is 8.56. The Labute approximate surface area is 142 Å². The van der Waals surface area contributed by atoms with E-state index in [9.17, 15) is 9.59 Å². The van der Waals surface area contributed by atoms with Crippen molar-refractivity contribution >= 4 is 29.2 Å². The van der Waals surface area contributed by atoms with E-state index in [0.717, 1.165) is 31.2 Å². The highest BCUT2D eigenvalue weighted by Gasteiger charge is 2.36. The molecule has 0 heterocycles. The molecule has 0 spiro atoms. The van der Waals surface area contributed by atoms with E-state index >= 15 is 0 Å². The van der Waals surface area contributed by atoms with E-state index in [0.29, 0.717) is 10.7 Å². The number of anilines is 1. The van der Waals surface area contributed by atoms with E-state index < -0.39 is 11.9 Å². The summed E-state index contributed by atoms with van der Waals surface area (Å²) in [5, 5.41) is 3.45. The summed E-state index contributed by atoms with van der Waals surface area (Å²) < 4.78 is 4.89. The Morgan fingerprint density at radius 2 is 1.87 bits per heavy atom. The van der Waals surface area contributed by atoms with Crippen molar-refractivity contribution < 1.29 is 14.3 Å². The van der Waals surface area contributed by atoms with Gasteiger partial charge in [0.25, 0.3) is 0 Å². The number of nitrogens with one attached hydrogen (secondary N) is 1. The number of hydrogen-bond acceptors (Lipinski definition) is 3. The number of amides is 1. The van der Waals surface area contributed by atoms with Gasteiger partial charge in [-0.1, -0.05) is 43.4 Å². The number of ether oxygens (including phenoxy) is 1. The number of carbonyl (C=O) groups is 2. The Balaban J connectivity index is 2.19. The third kappa shape index (κ3) is 4.47. The van der Waals surface area contributed by atoms with Crippen LogP contribution in [0.4, 0.5) is 5.69 Å². The normalized spacial score (nSPS) is 17.2. The molecule has 0 bridgehead atoms. The van der Waals surface area contributed by atoms with Gasteiger partial charge in [-0.15, -0.1) is 0 Å². The van der Waals surface area contributed by atoms with Gasteiger partial charge in [0.15, 0.2) is 0 Å².